The van der Waals surface area contributed by atoms with Crippen LogP contribution in [0, 0.1) is 5.92 Å². The van der Waals surface area contributed by atoms with Gasteiger partial charge in [0.15, 0.2) is 0 Å². The van der Waals surface area contributed by atoms with E-state index in [0.717, 1.165) is 38.5 Å². The van der Waals surface area contributed by atoms with Crippen molar-refractivity contribution >= 4 is 22.1 Å². The van der Waals surface area contributed by atoms with Crippen molar-refractivity contribution in [2.45, 2.75) is 12.8 Å². The Morgan fingerprint density at radius 1 is 0.885 bits per heavy atom. The molecule has 0 saturated heterocycles. The SMILES string of the molecule is c1ccc(-c2ccc(-c3nnc(OCC4CC4)c4ccccc34)s2)nc1. The first-order chi connectivity index (χ1) is 12.9. The number of benzene rings is 1. The Morgan fingerprint density at radius 2 is 1.69 bits per heavy atom. The number of hydrogen-bond acceptors (Lipinski definition) is 5. The van der Waals surface area contributed by atoms with E-state index in [-0.39, 0.29) is 0 Å². The van der Waals surface area contributed by atoms with Crippen molar-refractivity contribution in [1.82, 2.24) is 15.2 Å². The highest BCUT2D eigenvalue weighted by Crippen LogP contribution is 2.37. The molecule has 4 aromatic rings. The maximum absolute atomic E-state index is 5.93. The van der Waals surface area contributed by atoms with E-state index in [9.17, 15) is 0 Å². The summed E-state index contributed by atoms with van der Waals surface area (Å²) in [6.07, 6.45) is 4.33. The van der Waals surface area contributed by atoms with Crippen LogP contribution in [0.5, 0.6) is 5.88 Å². The predicted octanol–water partition coefficient (Wildman–Crippen LogP) is 5.21. The van der Waals surface area contributed by atoms with Gasteiger partial charge in [0.1, 0.15) is 5.69 Å². The zero-order valence-corrected chi connectivity index (χ0v) is 14.9. The van der Waals surface area contributed by atoms with Crippen LogP contribution in [0.25, 0.3) is 31.9 Å². The molecule has 128 valence electrons. The molecule has 4 nitrogen and oxygen atoms in total. The second kappa shape index (κ2) is 6.50. The van der Waals surface area contributed by atoms with Gasteiger partial charge in [-0.1, -0.05) is 24.3 Å². The summed E-state index contributed by atoms with van der Waals surface area (Å²) < 4.78 is 5.93. The number of fused-ring (bicyclic) bond motifs is 1. The number of pyridine rings is 1. The van der Waals surface area contributed by atoms with Crippen LogP contribution in [0.4, 0.5) is 0 Å². The van der Waals surface area contributed by atoms with Gasteiger partial charge >= 0.3 is 0 Å². The maximum Gasteiger partial charge on any atom is 0.241 e. The highest BCUT2D eigenvalue weighted by molar-refractivity contribution is 7.18. The molecule has 0 radical (unpaired) electrons. The average Bonchev–Trinajstić information content (AvgIpc) is 3.41. The summed E-state index contributed by atoms with van der Waals surface area (Å²) >= 11 is 1.68. The van der Waals surface area contributed by atoms with Gasteiger partial charge in [-0.2, -0.15) is 0 Å². The van der Waals surface area contributed by atoms with Crippen molar-refractivity contribution in [3.63, 3.8) is 0 Å². The lowest BCUT2D eigenvalue weighted by atomic mass is 10.1. The van der Waals surface area contributed by atoms with Gasteiger partial charge in [-0.3, -0.25) is 4.98 Å². The minimum Gasteiger partial charge on any atom is -0.476 e. The first kappa shape index (κ1) is 15.5. The van der Waals surface area contributed by atoms with E-state index in [1.54, 1.807) is 11.3 Å². The van der Waals surface area contributed by atoms with Crippen molar-refractivity contribution in [3.8, 4) is 27.0 Å². The highest BCUT2D eigenvalue weighted by atomic mass is 32.1. The average molecular weight is 359 g/mol. The van der Waals surface area contributed by atoms with Crippen LogP contribution in [0.1, 0.15) is 12.8 Å². The highest BCUT2D eigenvalue weighted by Gasteiger charge is 2.23. The molecule has 5 heteroatoms. The first-order valence-electron chi connectivity index (χ1n) is 8.78. The number of ether oxygens (including phenoxy) is 1. The van der Waals surface area contributed by atoms with Crippen LogP contribution in [0.3, 0.4) is 0 Å². The van der Waals surface area contributed by atoms with Crippen LogP contribution in [-0.2, 0) is 0 Å². The van der Waals surface area contributed by atoms with Crippen LogP contribution in [-0.4, -0.2) is 21.8 Å². The zero-order chi connectivity index (χ0) is 17.3. The van der Waals surface area contributed by atoms with Crippen molar-refractivity contribution in [3.05, 3.63) is 60.8 Å². The number of rotatable bonds is 5. The van der Waals surface area contributed by atoms with Gasteiger partial charge in [0.2, 0.25) is 5.88 Å². The standard InChI is InChI=1S/C21H17N3OS/c1-2-6-16-15(5-1)20(23-24-21(16)25-13-14-8-9-14)19-11-10-18(26-19)17-7-3-4-12-22-17/h1-7,10-12,14H,8-9,13H2. The molecule has 0 bridgehead atoms. The number of thiophene rings is 1. The van der Waals surface area contributed by atoms with Crippen molar-refractivity contribution in [2.75, 3.05) is 6.61 Å². The third-order valence-corrected chi connectivity index (χ3v) is 5.68. The molecule has 26 heavy (non-hydrogen) atoms. The van der Waals surface area contributed by atoms with E-state index >= 15 is 0 Å². The minimum absolute atomic E-state index is 0.637. The third-order valence-electron chi connectivity index (χ3n) is 4.56. The Balaban J connectivity index is 1.55. The molecule has 0 aliphatic heterocycles. The molecule has 1 aliphatic carbocycles. The summed E-state index contributed by atoms with van der Waals surface area (Å²) in [6.45, 7) is 0.737. The molecule has 1 fully saturated rings. The molecule has 3 aromatic heterocycles. The molecule has 1 saturated carbocycles. The van der Waals surface area contributed by atoms with Crippen molar-refractivity contribution in [1.29, 1.82) is 0 Å². The van der Waals surface area contributed by atoms with Gasteiger partial charge in [0.25, 0.3) is 0 Å². The van der Waals surface area contributed by atoms with E-state index in [0.29, 0.717) is 11.8 Å². The normalized spacial score (nSPS) is 13.8. The summed E-state index contributed by atoms with van der Waals surface area (Å²) in [4.78, 5) is 6.65. The van der Waals surface area contributed by atoms with E-state index in [2.05, 4.69) is 39.4 Å². The van der Waals surface area contributed by atoms with Crippen LogP contribution >= 0.6 is 11.3 Å². The summed E-state index contributed by atoms with van der Waals surface area (Å²) in [7, 11) is 0. The second-order valence-corrected chi connectivity index (χ2v) is 7.62. The van der Waals surface area contributed by atoms with Gasteiger partial charge in [-0.25, -0.2) is 0 Å². The van der Waals surface area contributed by atoms with E-state index in [1.165, 1.54) is 12.8 Å². The van der Waals surface area contributed by atoms with Crippen LogP contribution in [0.15, 0.2) is 60.8 Å². The van der Waals surface area contributed by atoms with E-state index in [1.807, 2.05) is 36.5 Å². The predicted molar refractivity (Wildman–Crippen MR) is 104 cm³/mol. The Hall–Kier alpha value is -2.79. The molecule has 0 spiro atoms. The number of hydrogen-bond donors (Lipinski definition) is 0. The van der Waals surface area contributed by atoms with E-state index < -0.39 is 0 Å². The number of nitrogens with zero attached hydrogens (tertiary/aromatic N) is 3. The van der Waals surface area contributed by atoms with Gasteiger partial charge in [0.05, 0.1) is 22.1 Å². The van der Waals surface area contributed by atoms with Gasteiger partial charge < -0.3 is 4.74 Å². The Labute approximate surface area is 155 Å². The van der Waals surface area contributed by atoms with Crippen molar-refractivity contribution < 1.29 is 4.74 Å². The molecule has 0 unspecified atom stereocenters. The lowest BCUT2D eigenvalue weighted by Crippen LogP contribution is -2.03. The van der Waals surface area contributed by atoms with Crippen molar-refractivity contribution in [2.24, 2.45) is 5.92 Å². The zero-order valence-electron chi connectivity index (χ0n) is 14.1. The molecule has 5 rings (SSSR count). The van der Waals surface area contributed by atoms with Gasteiger partial charge in [-0.15, -0.1) is 21.5 Å². The first-order valence-corrected chi connectivity index (χ1v) is 9.60. The molecular formula is C21H17N3OS. The Bertz CT molecular complexity index is 1060. The quantitative estimate of drug-likeness (QED) is 0.491. The summed E-state index contributed by atoms with van der Waals surface area (Å²) in [5.41, 5.74) is 1.87. The van der Waals surface area contributed by atoms with Crippen LogP contribution < -0.4 is 4.74 Å². The minimum atomic E-state index is 0.637. The van der Waals surface area contributed by atoms with Crippen LogP contribution in [0.2, 0.25) is 0 Å². The van der Waals surface area contributed by atoms with Gasteiger partial charge in [-0.05, 0) is 49.1 Å². The maximum atomic E-state index is 5.93. The molecule has 0 atom stereocenters. The Kier molecular flexibility index (Phi) is 3.87. The van der Waals surface area contributed by atoms with E-state index in [4.69, 9.17) is 4.74 Å². The molecular weight excluding hydrogens is 342 g/mol. The van der Waals surface area contributed by atoms with Gasteiger partial charge in [0, 0.05) is 17.0 Å². The second-order valence-electron chi connectivity index (χ2n) is 6.53. The Morgan fingerprint density at radius 3 is 2.50 bits per heavy atom. The fourth-order valence-corrected chi connectivity index (χ4v) is 3.94. The molecule has 3 heterocycles. The smallest absolute Gasteiger partial charge is 0.241 e. The largest absolute Gasteiger partial charge is 0.476 e. The third kappa shape index (κ3) is 2.95. The lowest BCUT2D eigenvalue weighted by molar-refractivity contribution is 0.289. The summed E-state index contributed by atoms with van der Waals surface area (Å²) in [5.74, 6) is 1.33. The topological polar surface area (TPSA) is 47.9 Å². The summed E-state index contributed by atoms with van der Waals surface area (Å²) in [6, 6.07) is 18.3. The molecule has 0 amide bonds. The number of aromatic nitrogens is 3. The monoisotopic (exact) mass is 359 g/mol. The molecule has 1 aliphatic rings. The lowest BCUT2D eigenvalue weighted by Gasteiger charge is -2.09. The molecule has 0 N–H and O–H groups in total. The fraction of sp³-hybridized carbons (Fsp3) is 0.190. The summed E-state index contributed by atoms with van der Waals surface area (Å²) in [5, 5.41) is 11.0. The molecule has 1 aromatic carbocycles. The fourth-order valence-electron chi connectivity index (χ4n) is 2.96.